The van der Waals surface area contributed by atoms with E-state index < -0.39 is 42.3 Å². The Morgan fingerprint density at radius 1 is 0.941 bits per heavy atom. The summed E-state index contributed by atoms with van der Waals surface area (Å²) in [5.41, 5.74) is 1.90. The van der Waals surface area contributed by atoms with Gasteiger partial charge in [0.25, 0.3) is 0 Å². The fourth-order valence-corrected chi connectivity index (χ4v) is 11.0. The van der Waals surface area contributed by atoms with Crippen LogP contribution in [0.15, 0.2) is 34.4 Å². The average Bonchev–Trinajstić information content (AvgIpc) is 3.30. The molecule has 0 aromatic rings. The predicted octanol–water partition coefficient (Wildman–Crippen LogP) is 8.79. The third-order valence-corrected chi connectivity index (χ3v) is 13.9. The molecule has 4 rings (SSSR count). The van der Waals surface area contributed by atoms with Gasteiger partial charge in [0.2, 0.25) is 6.79 Å². The van der Waals surface area contributed by atoms with Crippen LogP contribution in [0.3, 0.4) is 0 Å². The number of fused-ring (bicyclic) bond motifs is 5. The van der Waals surface area contributed by atoms with E-state index in [1.54, 1.807) is 20.8 Å². The van der Waals surface area contributed by atoms with Crippen molar-refractivity contribution in [3.63, 3.8) is 0 Å². The summed E-state index contributed by atoms with van der Waals surface area (Å²) < 4.78 is 17.2. The highest BCUT2D eigenvalue weighted by molar-refractivity contribution is 5.90. The van der Waals surface area contributed by atoms with Gasteiger partial charge >= 0.3 is 17.9 Å². The zero-order valence-electron chi connectivity index (χ0n) is 33.5. The minimum absolute atomic E-state index is 0.00461. The lowest BCUT2D eigenvalue weighted by molar-refractivity contribution is -0.234. The summed E-state index contributed by atoms with van der Waals surface area (Å²) in [6, 6.07) is 0. The Kier molecular flexibility index (Phi) is 12.9. The Morgan fingerprint density at radius 3 is 2.24 bits per heavy atom. The predicted molar refractivity (Wildman–Crippen MR) is 199 cm³/mol. The van der Waals surface area contributed by atoms with E-state index in [1.165, 1.54) is 6.92 Å². The Balaban J connectivity index is 1.80. The molecule has 8 nitrogen and oxygen atoms in total. The first-order chi connectivity index (χ1) is 23.7. The minimum Gasteiger partial charge on any atom is -0.458 e. The van der Waals surface area contributed by atoms with Crippen LogP contribution in [0.5, 0.6) is 0 Å². The number of carbonyl (C=O) groups is 3. The third-order valence-electron chi connectivity index (χ3n) is 13.9. The van der Waals surface area contributed by atoms with Crippen LogP contribution >= 0.6 is 0 Å². The molecule has 0 saturated heterocycles. The van der Waals surface area contributed by atoms with Gasteiger partial charge in [-0.2, -0.15) is 0 Å². The smallest absolute Gasteiger partial charge is 0.336 e. The Bertz CT molecular complexity index is 1400. The number of unbranched alkanes of at least 4 members (excludes halogenated alkanes) is 2. The number of aliphatic hydroxyl groups is 2. The Morgan fingerprint density at radius 2 is 1.63 bits per heavy atom. The fourth-order valence-electron chi connectivity index (χ4n) is 11.0. The van der Waals surface area contributed by atoms with Crippen LogP contribution in [-0.2, 0) is 28.6 Å². The number of aliphatic hydroxyl groups excluding tert-OH is 2. The molecule has 0 unspecified atom stereocenters. The number of hydrogen-bond donors (Lipinski definition) is 2. The van der Waals surface area contributed by atoms with E-state index in [2.05, 4.69) is 60.6 Å². The lowest BCUT2D eigenvalue weighted by Crippen LogP contribution is -2.65. The molecular formula is C43H68O8. The number of hydrogen-bond acceptors (Lipinski definition) is 8. The summed E-state index contributed by atoms with van der Waals surface area (Å²) in [5.74, 6) is -1.22. The highest BCUT2D eigenvalue weighted by atomic mass is 16.7. The molecule has 0 aromatic carbocycles. The molecule has 51 heavy (non-hydrogen) atoms. The largest absolute Gasteiger partial charge is 0.458 e. The molecule has 8 heteroatoms. The summed E-state index contributed by atoms with van der Waals surface area (Å²) in [6.45, 7) is 21.6. The summed E-state index contributed by atoms with van der Waals surface area (Å²) in [5, 5.41) is 23.2. The highest BCUT2D eigenvalue weighted by Gasteiger charge is 2.70. The topological polar surface area (TPSA) is 119 Å². The second-order valence-electron chi connectivity index (χ2n) is 18.3. The molecule has 0 aromatic heterocycles. The van der Waals surface area contributed by atoms with E-state index in [9.17, 15) is 24.6 Å². The average molecular weight is 713 g/mol. The normalized spacial score (nSPS) is 37.2. The first-order valence-corrected chi connectivity index (χ1v) is 19.7. The minimum atomic E-state index is -0.752. The van der Waals surface area contributed by atoms with Crippen LogP contribution in [0.25, 0.3) is 0 Å². The molecule has 4 saturated carbocycles. The van der Waals surface area contributed by atoms with Crippen molar-refractivity contribution in [1.29, 1.82) is 0 Å². The molecule has 0 radical (unpaired) electrons. The molecule has 4 aliphatic rings. The Hall–Kier alpha value is -2.45. The van der Waals surface area contributed by atoms with Gasteiger partial charge in [0.1, 0.15) is 6.10 Å². The van der Waals surface area contributed by atoms with Gasteiger partial charge < -0.3 is 24.4 Å². The van der Waals surface area contributed by atoms with Crippen molar-refractivity contribution >= 4 is 17.9 Å². The van der Waals surface area contributed by atoms with Gasteiger partial charge in [-0.05, 0) is 143 Å². The monoisotopic (exact) mass is 712 g/mol. The highest BCUT2D eigenvalue weighted by Crippen LogP contribution is 2.74. The Labute approximate surface area is 307 Å². The van der Waals surface area contributed by atoms with Crippen LogP contribution in [-0.4, -0.2) is 53.2 Å². The van der Waals surface area contributed by atoms with Crippen molar-refractivity contribution < 1.29 is 38.8 Å². The molecule has 2 N–H and O–H groups in total. The van der Waals surface area contributed by atoms with Crippen LogP contribution in [0, 0.1) is 45.3 Å². The van der Waals surface area contributed by atoms with Crippen molar-refractivity contribution in [2.45, 2.75) is 165 Å². The van der Waals surface area contributed by atoms with E-state index in [4.69, 9.17) is 14.2 Å². The van der Waals surface area contributed by atoms with E-state index in [1.807, 2.05) is 0 Å². The molecule has 0 spiro atoms. The first-order valence-electron chi connectivity index (χ1n) is 19.7. The van der Waals surface area contributed by atoms with Gasteiger partial charge in [-0.25, -0.2) is 4.79 Å². The summed E-state index contributed by atoms with van der Waals surface area (Å²) in [6.07, 6.45) is 11.3. The summed E-state index contributed by atoms with van der Waals surface area (Å²) >= 11 is 0. The van der Waals surface area contributed by atoms with Crippen molar-refractivity contribution in [3.05, 3.63) is 34.4 Å². The van der Waals surface area contributed by atoms with Gasteiger partial charge in [0.05, 0.1) is 17.6 Å². The van der Waals surface area contributed by atoms with E-state index in [-0.39, 0.29) is 40.1 Å². The van der Waals surface area contributed by atoms with Crippen LogP contribution in [0.2, 0.25) is 0 Å². The number of esters is 3. The SMILES string of the molecule is CCCCC=CC(CCC(C(=O)OCOC(=O)C(C)(C)C)=C1[C@@H](OC(C)=O)C[C@@]2(C)[C@@H]1C[C@@H](O)[C@@H]1[C@@]3(C)CC[C@@H](O)[C@@H](C)[C@H]3CC[C@@]12C)=C(C)C. The molecule has 10 atom stereocenters. The first kappa shape index (κ1) is 41.3. The number of rotatable bonds is 11. The van der Waals surface area contributed by atoms with Crippen molar-refractivity contribution in [1.82, 2.24) is 0 Å². The molecule has 0 bridgehead atoms. The van der Waals surface area contributed by atoms with Crippen LogP contribution in [0.1, 0.15) is 147 Å². The molecular weight excluding hydrogens is 644 g/mol. The maximum absolute atomic E-state index is 14.3. The quantitative estimate of drug-likeness (QED) is 0.0718. The van der Waals surface area contributed by atoms with E-state index in [0.29, 0.717) is 37.2 Å². The maximum atomic E-state index is 14.3. The number of ether oxygens (including phenoxy) is 3. The molecule has 288 valence electrons. The lowest BCUT2D eigenvalue weighted by Gasteiger charge is -2.69. The zero-order valence-corrected chi connectivity index (χ0v) is 33.5. The third kappa shape index (κ3) is 8.07. The van der Waals surface area contributed by atoms with Crippen LogP contribution < -0.4 is 0 Å². The van der Waals surface area contributed by atoms with Crippen molar-refractivity contribution in [3.8, 4) is 0 Å². The van der Waals surface area contributed by atoms with Gasteiger partial charge in [-0.15, -0.1) is 0 Å². The summed E-state index contributed by atoms with van der Waals surface area (Å²) in [4.78, 5) is 39.6. The molecule has 0 amide bonds. The second-order valence-corrected chi connectivity index (χ2v) is 18.3. The van der Waals surface area contributed by atoms with Gasteiger partial charge in [-0.1, -0.05) is 65.2 Å². The number of carbonyl (C=O) groups excluding carboxylic acids is 3. The zero-order chi connectivity index (χ0) is 38.1. The van der Waals surface area contributed by atoms with Crippen molar-refractivity contribution in [2.75, 3.05) is 6.79 Å². The van der Waals surface area contributed by atoms with Gasteiger partial charge in [-0.3, -0.25) is 9.59 Å². The maximum Gasteiger partial charge on any atom is 0.336 e. The number of allylic oxidation sites excluding steroid dienone is 4. The van der Waals surface area contributed by atoms with E-state index >= 15 is 0 Å². The fraction of sp³-hybridized carbons (Fsp3) is 0.791. The lowest BCUT2D eigenvalue weighted by atomic mass is 9.36. The van der Waals surface area contributed by atoms with Gasteiger partial charge in [0, 0.05) is 12.5 Å². The second kappa shape index (κ2) is 15.9. The summed E-state index contributed by atoms with van der Waals surface area (Å²) in [7, 11) is 0. The standard InChI is InChI=1S/C43H68O8/c1-12-13-14-15-16-29(26(2)3)17-18-30(38(47)49-25-50-39(48)40(6,7)8)36-32-23-34(46)37-41(9)21-20-33(45)27(4)31(41)19-22-42(37,10)43(32,11)24-35(36)51-28(5)44/h15-16,27,31-35,37,45-46H,12-14,17-25H2,1-11H3/t27-,31+,32+,33+,34+,35-,37+,41-,42-,43-/m0/s1. The molecule has 0 heterocycles. The molecule has 4 fully saturated rings. The van der Waals surface area contributed by atoms with E-state index in [0.717, 1.165) is 61.7 Å². The van der Waals surface area contributed by atoms with Crippen molar-refractivity contribution in [2.24, 2.45) is 45.3 Å². The molecule has 4 aliphatic carbocycles. The molecule has 0 aliphatic heterocycles. The van der Waals surface area contributed by atoms with Gasteiger partial charge in [0.15, 0.2) is 0 Å². The van der Waals surface area contributed by atoms with Crippen LogP contribution in [0.4, 0.5) is 0 Å².